The number of rotatable bonds is 4. The van der Waals surface area contributed by atoms with Crippen LogP contribution >= 0.6 is 23.2 Å². The number of nitrogens with one attached hydrogen (secondary N) is 1. The lowest BCUT2D eigenvalue weighted by Crippen LogP contribution is -2.32. The summed E-state index contributed by atoms with van der Waals surface area (Å²) in [6.07, 6.45) is 6.60. The van der Waals surface area contributed by atoms with Crippen LogP contribution < -0.4 is 10.2 Å². The van der Waals surface area contributed by atoms with E-state index in [2.05, 4.69) is 28.5 Å². The third-order valence-corrected chi connectivity index (χ3v) is 7.05. The minimum Gasteiger partial charge on any atom is -0.376 e. The Bertz CT molecular complexity index is 1360. The van der Waals surface area contributed by atoms with E-state index < -0.39 is 0 Å². The summed E-state index contributed by atoms with van der Waals surface area (Å²) < 4.78 is 1.90. The molecular formula is C26H24Cl2N4O. The molecule has 1 N–H and O–H groups in total. The van der Waals surface area contributed by atoms with Gasteiger partial charge < -0.3 is 10.2 Å². The van der Waals surface area contributed by atoms with Gasteiger partial charge in [-0.25, -0.2) is 4.98 Å². The Labute approximate surface area is 202 Å². The third-order valence-electron chi connectivity index (χ3n) is 6.24. The lowest BCUT2D eigenvalue weighted by Gasteiger charge is -2.27. The van der Waals surface area contributed by atoms with Crippen molar-refractivity contribution in [3.63, 3.8) is 0 Å². The van der Waals surface area contributed by atoms with E-state index in [-0.39, 0.29) is 11.9 Å². The van der Waals surface area contributed by atoms with Crippen LogP contribution in [0.1, 0.15) is 40.4 Å². The fraction of sp³-hybridized carbons (Fsp3) is 0.231. The number of amides is 1. The van der Waals surface area contributed by atoms with Crippen LogP contribution in [0.25, 0.3) is 16.7 Å². The van der Waals surface area contributed by atoms with E-state index in [0.29, 0.717) is 21.3 Å². The quantitative estimate of drug-likeness (QED) is 0.379. The van der Waals surface area contributed by atoms with Gasteiger partial charge in [0, 0.05) is 31.9 Å². The topological polar surface area (TPSA) is 50.2 Å². The highest BCUT2D eigenvalue weighted by atomic mass is 35.5. The van der Waals surface area contributed by atoms with Crippen molar-refractivity contribution in [3.05, 3.63) is 87.7 Å². The molecule has 5 rings (SSSR count). The first kappa shape index (κ1) is 21.8. The van der Waals surface area contributed by atoms with Crippen LogP contribution in [0.5, 0.6) is 0 Å². The average Bonchev–Trinajstić information content (AvgIpc) is 3.24. The van der Waals surface area contributed by atoms with Gasteiger partial charge in [-0.2, -0.15) is 0 Å². The average molecular weight is 479 g/mol. The van der Waals surface area contributed by atoms with Crippen molar-refractivity contribution in [3.8, 4) is 5.69 Å². The van der Waals surface area contributed by atoms with Crippen molar-refractivity contribution >= 4 is 45.8 Å². The van der Waals surface area contributed by atoms with E-state index in [1.807, 2.05) is 54.0 Å². The van der Waals surface area contributed by atoms with Gasteiger partial charge in [-0.3, -0.25) is 9.36 Å². The van der Waals surface area contributed by atoms with Gasteiger partial charge in [0.05, 0.1) is 33.0 Å². The summed E-state index contributed by atoms with van der Waals surface area (Å²) in [4.78, 5) is 20.1. The maximum absolute atomic E-state index is 13.4. The van der Waals surface area contributed by atoms with Crippen molar-refractivity contribution < 1.29 is 4.79 Å². The van der Waals surface area contributed by atoms with Crippen molar-refractivity contribution in [2.24, 2.45) is 0 Å². The number of carbonyl (C=O) groups excluding carboxylic acids is 1. The number of aryl methyl sites for hydroxylation is 1. The summed E-state index contributed by atoms with van der Waals surface area (Å²) in [5.74, 6) is -0.122. The van der Waals surface area contributed by atoms with Gasteiger partial charge in [0.2, 0.25) is 0 Å². The first-order valence-corrected chi connectivity index (χ1v) is 11.7. The number of nitrogens with zero attached hydrogens (tertiary/aromatic N) is 3. The first-order chi connectivity index (χ1) is 16.0. The molecule has 0 spiro atoms. The summed E-state index contributed by atoms with van der Waals surface area (Å²) >= 11 is 12.7. The molecule has 2 heterocycles. The number of pyridine rings is 1. The normalized spacial score (nSPS) is 15.3. The van der Waals surface area contributed by atoms with Gasteiger partial charge in [-0.1, -0.05) is 53.5 Å². The van der Waals surface area contributed by atoms with E-state index in [1.165, 1.54) is 11.1 Å². The number of hydrogen-bond donors (Lipinski definition) is 1. The van der Waals surface area contributed by atoms with Gasteiger partial charge in [0.25, 0.3) is 5.91 Å². The van der Waals surface area contributed by atoms with Gasteiger partial charge in [-0.15, -0.1) is 0 Å². The fourth-order valence-corrected chi connectivity index (χ4v) is 5.12. The van der Waals surface area contributed by atoms with E-state index in [0.717, 1.165) is 36.0 Å². The number of anilines is 1. The van der Waals surface area contributed by atoms with Gasteiger partial charge >= 0.3 is 0 Å². The number of carbonyl (C=O) groups is 1. The Morgan fingerprint density at radius 3 is 2.76 bits per heavy atom. The predicted octanol–water partition coefficient (Wildman–Crippen LogP) is 6.21. The fourth-order valence-electron chi connectivity index (χ4n) is 4.73. The third kappa shape index (κ3) is 3.85. The lowest BCUT2D eigenvalue weighted by molar-refractivity contribution is 0.0933. The monoisotopic (exact) mass is 478 g/mol. The molecule has 0 fully saturated rings. The lowest BCUT2D eigenvalue weighted by atomic mass is 9.87. The highest BCUT2D eigenvalue weighted by molar-refractivity contribution is 6.43. The molecule has 0 saturated carbocycles. The summed E-state index contributed by atoms with van der Waals surface area (Å²) in [7, 11) is 3.87. The maximum atomic E-state index is 13.4. The van der Waals surface area contributed by atoms with Gasteiger partial charge in [0.15, 0.2) is 0 Å². The summed E-state index contributed by atoms with van der Waals surface area (Å²) in [6, 6.07) is 15.8. The molecule has 2 aromatic carbocycles. The highest BCUT2D eigenvalue weighted by Gasteiger charge is 2.25. The van der Waals surface area contributed by atoms with Crippen LogP contribution in [0.4, 0.5) is 5.69 Å². The molecule has 1 unspecified atom stereocenters. The Morgan fingerprint density at radius 1 is 1.12 bits per heavy atom. The molecular weight excluding hydrogens is 455 g/mol. The van der Waals surface area contributed by atoms with Crippen LogP contribution in [0.15, 0.2) is 60.9 Å². The van der Waals surface area contributed by atoms with Crippen molar-refractivity contribution in [2.75, 3.05) is 19.0 Å². The molecule has 7 heteroatoms. The minimum atomic E-state index is -0.122. The second-order valence-electron chi connectivity index (χ2n) is 8.53. The summed E-state index contributed by atoms with van der Waals surface area (Å²) in [6.45, 7) is 0. The predicted molar refractivity (Wildman–Crippen MR) is 135 cm³/mol. The van der Waals surface area contributed by atoms with Gasteiger partial charge in [-0.05, 0) is 48.6 Å². The zero-order valence-corrected chi connectivity index (χ0v) is 20.0. The number of aromatic nitrogens is 2. The molecule has 0 bridgehead atoms. The van der Waals surface area contributed by atoms with Crippen LogP contribution in [0.3, 0.4) is 0 Å². The molecule has 1 amide bonds. The second-order valence-corrected chi connectivity index (χ2v) is 9.31. The summed E-state index contributed by atoms with van der Waals surface area (Å²) in [5, 5.41) is 5.06. The van der Waals surface area contributed by atoms with Gasteiger partial charge in [0.1, 0.15) is 5.65 Å². The Kier molecular flexibility index (Phi) is 5.77. The zero-order valence-electron chi connectivity index (χ0n) is 18.5. The van der Waals surface area contributed by atoms with E-state index >= 15 is 0 Å². The van der Waals surface area contributed by atoms with E-state index in [4.69, 9.17) is 23.2 Å². The van der Waals surface area contributed by atoms with Crippen molar-refractivity contribution in [1.29, 1.82) is 0 Å². The summed E-state index contributed by atoms with van der Waals surface area (Å²) in [5.41, 5.74) is 5.34. The van der Waals surface area contributed by atoms with Crippen LogP contribution in [-0.4, -0.2) is 29.6 Å². The molecule has 0 radical (unpaired) electrons. The number of fused-ring (bicyclic) bond motifs is 2. The largest absolute Gasteiger partial charge is 0.376 e. The van der Waals surface area contributed by atoms with Crippen LogP contribution in [0, 0.1) is 0 Å². The molecule has 168 valence electrons. The van der Waals surface area contributed by atoms with Crippen molar-refractivity contribution in [1.82, 2.24) is 14.9 Å². The van der Waals surface area contributed by atoms with Crippen LogP contribution in [0.2, 0.25) is 10.0 Å². The molecule has 1 aliphatic carbocycles. The number of halogens is 2. The molecule has 1 atom stereocenters. The zero-order chi connectivity index (χ0) is 23.1. The molecule has 1 aliphatic rings. The molecule has 4 aromatic rings. The Hall–Kier alpha value is -3.02. The number of hydrogen-bond acceptors (Lipinski definition) is 3. The molecule has 2 aromatic heterocycles. The van der Waals surface area contributed by atoms with E-state index in [1.54, 1.807) is 12.3 Å². The van der Waals surface area contributed by atoms with Crippen molar-refractivity contribution in [2.45, 2.75) is 25.3 Å². The maximum Gasteiger partial charge on any atom is 0.255 e. The Balaban J connectivity index is 1.55. The molecule has 33 heavy (non-hydrogen) atoms. The standard InChI is InChI=1S/C26H24Cl2N4O/c1-31(2)24-18-13-14-32(22-12-6-10-20(27)23(22)28)25(18)29-15-19(24)26(33)30-21-11-5-8-16-7-3-4-9-17(16)21/h3-4,6-7,9-10,12-15,21H,5,8,11H2,1-2H3,(H,30,33). The Morgan fingerprint density at radius 2 is 1.94 bits per heavy atom. The first-order valence-electron chi connectivity index (χ1n) is 11.0. The highest BCUT2D eigenvalue weighted by Crippen LogP contribution is 2.35. The smallest absolute Gasteiger partial charge is 0.255 e. The minimum absolute atomic E-state index is 0.00280. The van der Waals surface area contributed by atoms with Crippen LogP contribution in [-0.2, 0) is 6.42 Å². The SMILES string of the molecule is CN(C)c1c(C(=O)NC2CCCc3ccccc32)cnc2c1ccn2-c1cccc(Cl)c1Cl. The second kappa shape index (κ2) is 8.73. The molecule has 0 aliphatic heterocycles. The molecule has 0 saturated heterocycles. The molecule has 5 nitrogen and oxygen atoms in total. The number of benzene rings is 2. The van der Waals surface area contributed by atoms with E-state index in [9.17, 15) is 4.79 Å².